The highest BCUT2D eigenvalue weighted by Gasteiger charge is 2.45. The average molecular weight is 466 g/mol. The molecule has 1 aliphatic heterocycles. The molecule has 1 heterocycles. The minimum Gasteiger partial charge on any atom is -0.485 e. The van der Waals surface area contributed by atoms with Gasteiger partial charge in [-0.15, -0.1) is 0 Å². The third-order valence-corrected chi connectivity index (χ3v) is 6.31. The second-order valence-electron chi connectivity index (χ2n) is 8.84. The van der Waals surface area contributed by atoms with Gasteiger partial charge >= 0.3 is 0 Å². The van der Waals surface area contributed by atoms with Crippen LogP contribution in [0, 0.1) is 0 Å². The van der Waals surface area contributed by atoms with E-state index in [0.717, 1.165) is 35.5 Å². The Morgan fingerprint density at radius 2 is 1.73 bits per heavy atom. The van der Waals surface area contributed by atoms with Crippen molar-refractivity contribution >= 4 is 17.3 Å². The van der Waals surface area contributed by atoms with Crippen molar-refractivity contribution in [2.24, 2.45) is 0 Å². The van der Waals surface area contributed by atoms with E-state index in [4.69, 9.17) is 25.8 Å². The molecule has 0 bridgehead atoms. The van der Waals surface area contributed by atoms with Gasteiger partial charge in [0.2, 0.25) is 0 Å². The van der Waals surface area contributed by atoms with Gasteiger partial charge in [0.15, 0.2) is 0 Å². The molecule has 2 unspecified atom stereocenters. The first-order valence-electron chi connectivity index (χ1n) is 11.6. The van der Waals surface area contributed by atoms with Crippen molar-refractivity contribution in [3.8, 4) is 5.75 Å². The zero-order chi connectivity index (χ0) is 23.3. The summed E-state index contributed by atoms with van der Waals surface area (Å²) < 4.78 is 19.4. The van der Waals surface area contributed by atoms with E-state index < -0.39 is 5.60 Å². The minimum atomic E-state index is -0.578. The summed E-state index contributed by atoms with van der Waals surface area (Å²) in [5.74, 6) is 0.837. The summed E-state index contributed by atoms with van der Waals surface area (Å²) in [5.41, 5.74) is 3.67. The van der Waals surface area contributed by atoms with Crippen LogP contribution < -0.4 is 10.1 Å². The van der Waals surface area contributed by atoms with Gasteiger partial charge in [-0.1, -0.05) is 60.1 Å². The third kappa shape index (κ3) is 5.70. The SMILES string of the molecule is CCNc1ccc2c(c1)C(OCCc1ccccc1)C(OCc1ccccc1Cl)C(C)(C)O2. The second-order valence-corrected chi connectivity index (χ2v) is 9.25. The number of hydrogen-bond donors (Lipinski definition) is 1. The molecule has 3 aromatic carbocycles. The summed E-state index contributed by atoms with van der Waals surface area (Å²) in [4.78, 5) is 0. The first kappa shape index (κ1) is 23.6. The van der Waals surface area contributed by atoms with E-state index in [1.807, 2.05) is 42.5 Å². The normalized spacial score (nSPS) is 18.9. The van der Waals surface area contributed by atoms with Crippen molar-refractivity contribution in [2.75, 3.05) is 18.5 Å². The molecule has 174 valence electrons. The smallest absolute Gasteiger partial charge is 0.132 e. The molecule has 33 heavy (non-hydrogen) atoms. The predicted molar refractivity (Wildman–Crippen MR) is 134 cm³/mol. The van der Waals surface area contributed by atoms with Crippen molar-refractivity contribution < 1.29 is 14.2 Å². The number of rotatable bonds is 9. The van der Waals surface area contributed by atoms with Crippen LogP contribution in [0.3, 0.4) is 0 Å². The Labute approximate surface area is 201 Å². The molecule has 4 nitrogen and oxygen atoms in total. The first-order chi connectivity index (χ1) is 16.0. The van der Waals surface area contributed by atoms with Crippen LogP contribution in [0.1, 0.15) is 43.6 Å². The molecule has 2 atom stereocenters. The molecule has 1 N–H and O–H groups in total. The highest BCUT2D eigenvalue weighted by molar-refractivity contribution is 6.31. The van der Waals surface area contributed by atoms with Crippen LogP contribution in [-0.2, 0) is 22.5 Å². The molecule has 0 aromatic heterocycles. The molecule has 0 saturated heterocycles. The molecule has 0 fully saturated rings. The molecule has 0 radical (unpaired) electrons. The van der Waals surface area contributed by atoms with Crippen molar-refractivity contribution in [1.82, 2.24) is 0 Å². The molecule has 0 aliphatic carbocycles. The molecule has 0 spiro atoms. The van der Waals surface area contributed by atoms with Crippen LogP contribution in [0.4, 0.5) is 5.69 Å². The third-order valence-electron chi connectivity index (χ3n) is 5.94. The van der Waals surface area contributed by atoms with Gasteiger partial charge in [-0.3, -0.25) is 0 Å². The van der Waals surface area contributed by atoms with E-state index in [1.165, 1.54) is 5.56 Å². The Kier molecular flexibility index (Phi) is 7.59. The first-order valence-corrected chi connectivity index (χ1v) is 11.9. The Balaban J connectivity index is 1.60. The fourth-order valence-corrected chi connectivity index (χ4v) is 4.45. The van der Waals surface area contributed by atoms with Crippen molar-refractivity contribution in [3.05, 3.63) is 94.5 Å². The Morgan fingerprint density at radius 3 is 2.48 bits per heavy atom. The summed E-state index contributed by atoms with van der Waals surface area (Å²) in [6, 6.07) is 24.3. The van der Waals surface area contributed by atoms with Gasteiger partial charge in [0.05, 0.1) is 13.2 Å². The lowest BCUT2D eigenvalue weighted by Crippen LogP contribution is -2.51. The molecular weight excluding hydrogens is 434 g/mol. The molecule has 5 heteroatoms. The monoisotopic (exact) mass is 465 g/mol. The van der Waals surface area contributed by atoms with Crippen LogP contribution in [-0.4, -0.2) is 24.9 Å². The maximum absolute atomic E-state index is 6.55. The summed E-state index contributed by atoms with van der Waals surface area (Å²) >= 11 is 6.39. The van der Waals surface area contributed by atoms with Gasteiger partial charge in [-0.05, 0) is 62.6 Å². The van der Waals surface area contributed by atoms with Gasteiger partial charge < -0.3 is 19.5 Å². The van der Waals surface area contributed by atoms with E-state index in [-0.39, 0.29) is 12.2 Å². The van der Waals surface area contributed by atoms with Crippen LogP contribution >= 0.6 is 11.6 Å². The van der Waals surface area contributed by atoms with Gasteiger partial charge in [0, 0.05) is 22.8 Å². The lowest BCUT2D eigenvalue weighted by Gasteiger charge is -2.44. The molecule has 0 saturated carbocycles. The van der Waals surface area contributed by atoms with Gasteiger partial charge in [0.1, 0.15) is 23.6 Å². The Morgan fingerprint density at radius 1 is 0.970 bits per heavy atom. The van der Waals surface area contributed by atoms with E-state index in [9.17, 15) is 0 Å². The second kappa shape index (κ2) is 10.6. The molecule has 0 amide bonds. The number of halogens is 1. The average Bonchev–Trinajstić information content (AvgIpc) is 2.80. The fourth-order valence-electron chi connectivity index (χ4n) is 4.26. The number of nitrogens with one attached hydrogen (secondary N) is 1. The zero-order valence-corrected chi connectivity index (χ0v) is 20.3. The Hall–Kier alpha value is -2.53. The van der Waals surface area contributed by atoms with Crippen molar-refractivity contribution in [3.63, 3.8) is 0 Å². The Bertz CT molecular complexity index is 1050. The molecular formula is C28H32ClNO3. The lowest BCUT2D eigenvalue weighted by molar-refractivity contribution is -0.167. The number of benzene rings is 3. The topological polar surface area (TPSA) is 39.7 Å². The van der Waals surface area contributed by atoms with Crippen LogP contribution in [0.2, 0.25) is 5.02 Å². The summed E-state index contributed by atoms with van der Waals surface area (Å²) in [6.07, 6.45) is 0.250. The van der Waals surface area contributed by atoms with Crippen LogP contribution in [0.15, 0.2) is 72.8 Å². The van der Waals surface area contributed by atoms with Crippen LogP contribution in [0.5, 0.6) is 5.75 Å². The number of hydrogen-bond acceptors (Lipinski definition) is 4. The lowest BCUT2D eigenvalue weighted by atomic mass is 9.87. The largest absolute Gasteiger partial charge is 0.485 e. The van der Waals surface area contributed by atoms with E-state index in [0.29, 0.717) is 18.2 Å². The maximum Gasteiger partial charge on any atom is 0.132 e. The van der Waals surface area contributed by atoms with Gasteiger partial charge in [-0.2, -0.15) is 0 Å². The number of ether oxygens (including phenoxy) is 3. The molecule has 3 aromatic rings. The van der Waals surface area contributed by atoms with Crippen molar-refractivity contribution in [2.45, 2.75) is 51.6 Å². The highest BCUT2D eigenvalue weighted by atomic mass is 35.5. The fraction of sp³-hybridized carbons (Fsp3) is 0.357. The maximum atomic E-state index is 6.55. The van der Waals surface area contributed by atoms with E-state index >= 15 is 0 Å². The van der Waals surface area contributed by atoms with Crippen molar-refractivity contribution in [1.29, 1.82) is 0 Å². The summed E-state index contributed by atoms with van der Waals surface area (Å²) in [6.45, 7) is 8.01. The quantitative estimate of drug-likeness (QED) is 0.376. The summed E-state index contributed by atoms with van der Waals surface area (Å²) in [5, 5.41) is 4.09. The number of fused-ring (bicyclic) bond motifs is 1. The van der Waals surface area contributed by atoms with Gasteiger partial charge in [0.25, 0.3) is 0 Å². The standard InChI is InChI=1S/C28H32ClNO3/c1-4-30-22-14-15-25-23(18-22)26(31-17-16-20-10-6-5-7-11-20)27(28(2,3)33-25)32-19-21-12-8-9-13-24(21)29/h5-15,18,26-27,30H,4,16-17,19H2,1-3H3. The zero-order valence-electron chi connectivity index (χ0n) is 19.5. The molecule has 4 rings (SSSR count). The predicted octanol–water partition coefficient (Wildman–Crippen LogP) is 6.83. The van der Waals surface area contributed by atoms with Crippen LogP contribution in [0.25, 0.3) is 0 Å². The van der Waals surface area contributed by atoms with E-state index in [2.05, 4.69) is 56.4 Å². The summed E-state index contributed by atoms with van der Waals surface area (Å²) in [7, 11) is 0. The van der Waals surface area contributed by atoms with E-state index in [1.54, 1.807) is 0 Å². The van der Waals surface area contributed by atoms with Gasteiger partial charge in [-0.25, -0.2) is 0 Å². The molecule has 1 aliphatic rings. The minimum absolute atomic E-state index is 0.270. The number of anilines is 1. The highest BCUT2D eigenvalue weighted by Crippen LogP contribution is 2.44.